The molecule has 1 N–H and O–H groups in total. The van der Waals surface area contributed by atoms with Crippen LogP contribution in [0.5, 0.6) is 0 Å². The second-order valence-corrected chi connectivity index (χ2v) is 7.20. The van der Waals surface area contributed by atoms with Gasteiger partial charge >= 0.3 is 0 Å². The predicted molar refractivity (Wildman–Crippen MR) is 80.0 cm³/mol. The lowest BCUT2D eigenvalue weighted by Crippen LogP contribution is -2.71. The Balaban J connectivity index is 1.58. The van der Waals surface area contributed by atoms with Crippen molar-refractivity contribution in [3.63, 3.8) is 0 Å². The van der Waals surface area contributed by atoms with Gasteiger partial charge in [-0.3, -0.25) is 0 Å². The Morgan fingerprint density at radius 1 is 1.21 bits per heavy atom. The molecule has 1 saturated carbocycles. The second kappa shape index (κ2) is 3.99. The standard InChI is InChI=1S/C17H24N2/c1-12(2)15-6-5-14(7-16(15)13-3-4-13)19-10-17(11-19)8-18-9-17/h5-7,12-13,18H,3-4,8-11H2,1-2H3. The van der Waals surface area contributed by atoms with Gasteiger partial charge in [-0.1, -0.05) is 19.9 Å². The summed E-state index contributed by atoms with van der Waals surface area (Å²) in [7, 11) is 0. The van der Waals surface area contributed by atoms with Crippen molar-refractivity contribution in [3.8, 4) is 0 Å². The van der Waals surface area contributed by atoms with Crippen molar-refractivity contribution in [2.24, 2.45) is 5.41 Å². The molecule has 0 bridgehead atoms. The zero-order chi connectivity index (χ0) is 13.0. The Labute approximate surface area is 116 Å². The van der Waals surface area contributed by atoms with Crippen LogP contribution in [0.25, 0.3) is 0 Å². The van der Waals surface area contributed by atoms with E-state index in [0.29, 0.717) is 11.3 Å². The maximum Gasteiger partial charge on any atom is 0.0369 e. The molecular formula is C17H24N2. The summed E-state index contributed by atoms with van der Waals surface area (Å²) < 4.78 is 0. The third-order valence-corrected chi connectivity index (χ3v) is 5.13. The largest absolute Gasteiger partial charge is 0.370 e. The van der Waals surface area contributed by atoms with E-state index in [-0.39, 0.29) is 0 Å². The maximum absolute atomic E-state index is 3.41. The minimum atomic E-state index is 0.621. The molecule has 0 atom stereocenters. The summed E-state index contributed by atoms with van der Waals surface area (Å²) in [5.74, 6) is 1.51. The molecule has 1 aliphatic carbocycles. The van der Waals surface area contributed by atoms with Crippen molar-refractivity contribution < 1.29 is 0 Å². The first kappa shape index (κ1) is 11.8. The third kappa shape index (κ3) is 1.88. The fourth-order valence-corrected chi connectivity index (χ4v) is 3.68. The molecule has 1 aromatic rings. The van der Waals surface area contributed by atoms with Gasteiger partial charge in [0.2, 0.25) is 0 Å². The highest BCUT2D eigenvalue weighted by atomic mass is 15.3. The molecule has 0 radical (unpaired) electrons. The van der Waals surface area contributed by atoms with Gasteiger partial charge in [0.05, 0.1) is 0 Å². The minimum Gasteiger partial charge on any atom is -0.370 e. The van der Waals surface area contributed by atoms with Crippen molar-refractivity contribution in [2.75, 3.05) is 31.1 Å². The monoisotopic (exact) mass is 256 g/mol. The molecule has 2 saturated heterocycles. The highest BCUT2D eigenvalue weighted by Crippen LogP contribution is 2.46. The van der Waals surface area contributed by atoms with Crippen molar-refractivity contribution in [1.29, 1.82) is 0 Å². The summed E-state index contributed by atoms with van der Waals surface area (Å²) in [5, 5.41) is 3.41. The molecule has 3 aliphatic rings. The molecule has 102 valence electrons. The SMILES string of the molecule is CC(C)c1ccc(N2CC3(CNC3)C2)cc1C1CC1. The fourth-order valence-electron chi connectivity index (χ4n) is 3.68. The Hall–Kier alpha value is -1.02. The first-order chi connectivity index (χ1) is 9.17. The Morgan fingerprint density at radius 3 is 2.47 bits per heavy atom. The first-order valence-corrected chi connectivity index (χ1v) is 7.76. The molecule has 2 heterocycles. The molecule has 2 nitrogen and oxygen atoms in total. The highest BCUT2D eigenvalue weighted by Gasteiger charge is 2.47. The van der Waals surface area contributed by atoms with Gasteiger partial charge in [0.1, 0.15) is 0 Å². The van der Waals surface area contributed by atoms with Crippen LogP contribution in [0.1, 0.15) is 49.7 Å². The van der Waals surface area contributed by atoms with Gasteiger partial charge in [0.15, 0.2) is 0 Å². The van der Waals surface area contributed by atoms with Crippen molar-refractivity contribution in [3.05, 3.63) is 29.3 Å². The third-order valence-electron chi connectivity index (χ3n) is 5.13. The van der Waals surface area contributed by atoms with Gasteiger partial charge in [0, 0.05) is 37.3 Å². The van der Waals surface area contributed by atoms with Crippen LogP contribution in [-0.4, -0.2) is 26.2 Å². The molecule has 2 aliphatic heterocycles. The van der Waals surface area contributed by atoms with E-state index in [0.717, 1.165) is 5.92 Å². The summed E-state index contributed by atoms with van der Waals surface area (Å²) in [5.41, 5.74) is 5.30. The lowest BCUT2D eigenvalue weighted by atomic mass is 9.74. The van der Waals surface area contributed by atoms with Crippen LogP contribution in [-0.2, 0) is 0 Å². The molecule has 2 heteroatoms. The van der Waals surface area contributed by atoms with E-state index in [1.165, 1.54) is 44.7 Å². The van der Waals surface area contributed by atoms with E-state index in [2.05, 4.69) is 42.3 Å². The summed E-state index contributed by atoms with van der Waals surface area (Å²) in [6.45, 7) is 9.60. The van der Waals surface area contributed by atoms with Crippen molar-refractivity contribution >= 4 is 5.69 Å². The summed E-state index contributed by atoms with van der Waals surface area (Å²) in [6, 6.07) is 7.23. The maximum atomic E-state index is 3.41. The smallest absolute Gasteiger partial charge is 0.0369 e. The number of anilines is 1. The molecule has 4 rings (SSSR count). The molecule has 1 spiro atoms. The van der Waals surface area contributed by atoms with E-state index in [9.17, 15) is 0 Å². The van der Waals surface area contributed by atoms with E-state index >= 15 is 0 Å². The normalized spacial score (nSPS) is 24.5. The average Bonchev–Trinajstić information content (AvgIpc) is 3.08. The van der Waals surface area contributed by atoms with Gasteiger partial charge < -0.3 is 10.2 Å². The average molecular weight is 256 g/mol. The highest BCUT2D eigenvalue weighted by molar-refractivity contribution is 5.56. The lowest BCUT2D eigenvalue weighted by molar-refractivity contribution is 0.121. The Kier molecular flexibility index (Phi) is 2.47. The number of hydrogen-bond acceptors (Lipinski definition) is 2. The summed E-state index contributed by atoms with van der Waals surface area (Å²) >= 11 is 0. The number of hydrogen-bond donors (Lipinski definition) is 1. The van der Waals surface area contributed by atoms with Crippen LogP contribution in [0.3, 0.4) is 0 Å². The lowest BCUT2D eigenvalue weighted by Gasteiger charge is -2.57. The molecule has 0 amide bonds. The number of nitrogens with one attached hydrogen (secondary N) is 1. The van der Waals surface area contributed by atoms with Crippen LogP contribution >= 0.6 is 0 Å². The molecular weight excluding hydrogens is 232 g/mol. The van der Waals surface area contributed by atoms with Crippen LogP contribution in [0.4, 0.5) is 5.69 Å². The number of rotatable bonds is 3. The van der Waals surface area contributed by atoms with Gasteiger partial charge in [-0.15, -0.1) is 0 Å². The molecule has 3 fully saturated rings. The molecule has 1 aromatic carbocycles. The van der Waals surface area contributed by atoms with Crippen LogP contribution in [0.15, 0.2) is 18.2 Å². The molecule has 19 heavy (non-hydrogen) atoms. The Morgan fingerprint density at radius 2 is 1.95 bits per heavy atom. The van der Waals surface area contributed by atoms with Crippen LogP contribution in [0.2, 0.25) is 0 Å². The number of benzene rings is 1. The van der Waals surface area contributed by atoms with Gasteiger partial charge in [-0.25, -0.2) is 0 Å². The molecule has 0 aromatic heterocycles. The zero-order valence-corrected chi connectivity index (χ0v) is 12.1. The van der Waals surface area contributed by atoms with Crippen molar-refractivity contribution in [1.82, 2.24) is 5.32 Å². The summed E-state index contributed by atoms with van der Waals surface area (Å²) in [6.07, 6.45) is 2.80. The van der Waals surface area contributed by atoms with E-state index in [4.69, 9.17) is 0 Å². The quantitative estimate of drug-likeness (QED) is 0.894. The van der Waals surface area contributed by atoms with E-state index in [1.807, 2.05) is 0 Å². The minimum absolute atomic E-state index is 0.621. The van der Waals surface area contributed by atoms with Gasteiger partial charge in [-0.05, 0) is 47.9 Å². The summed E-state index contributed by atoms with van der Waals surface area (Å²) in [4.78, 5) is 2.57. The fraction of sp³-hybridized carbons (Fsp3) is 0.647. The van der Waals surface area contributed by atoms with Crippen LogP contribution < -0.4 is 10.2 Å². The number of nitrogens with zero attached hydrogens (tertiary/aromatic N) is 1. The van der Waals surface area contributed by atoms with Gasteiger partial charge in [-0.2, -0.15) is 0 Å². The van der Waals surface area contributed by atoms with Crippen molar-refractivity contribution in [2.45, 2.75) is 38.5 Å². The topological polar surface area (TPSA) is 15.3 Å². The van der Waals surface area contributed by atoms with E-state index in [1.54, 1.807) is 11.1 Å². The first-order valence-electron chi connectivity index (χ1n) is 7.76. The van der Waals surface area contributed by atoms with Crippen LogP contribution in [0, 0.1) is 5.41 Å². The zero-order valence-electron chi connectivity index (χ0n) is 12.1. The second-order valence-electron chi connectivity index (χ2n) is 7.20. The van der Waals surface area contributed by atoms with E-state index < -0.39 is 0 Å². The Bertz CT molecular complexity index is 490. The predicted octanol–water partition coefficient (Wildman–Crippen LogP) is 3.10. The molecule has 0 unspecified atom stereocenters. The van der Waals surface area contributed by atoms with Gasteiger partial charge in [0.25, 0.3) is 0 Å².